The molecule has 2 unspecified atom stereocenters. The van der Waals surface area contributed by atoms with Gasteiger partial charge in [-0.1, -0.05) is 18.2 Å². The molecule has 1 aliphatic rings. The Kier molecular flexibility index (Phi) is 5.89. The van der Waals surface area contributed by atoms with Crippen molar-refractivity contribution in [2.24, 2.45) is 5.73 Å². The Bertz CT molecular complexity index is 1160. The minimum atomic E-state index is -3.75. The van der Waals surface area contributed by atoms with Crippen molar-refractivity contribution in [1.29, 1.82) is 5.26 Å². The minimum absolute atomic E-state index is 0. The molecule has 148 valence electrons. The number of halogens is 1. The Balaban J connectivity index is 0.00000240. The van der Waals surface area contributed by atoms with Gasteiger partial charge in [0.1, 0.15) is 0 Å². The number of benzene rings is 2. The van der Waals surface area contributed by atoms with Crippen LogP contribution in [0.1, 0.15) is 23.5 Å². The van der Waals surface area contributed by atoms with E-state index in [1.54, 1.807) is 18.2 Å². The number of aromatic nitrogens is 1. The number of hydrogen-bond donors (Lipinski definition) is 2. The largest absolute Gasteiger partial charge is 0.327 e. The predicted molar refractivity (Wildman–Crippen MR) is 114 cm³/mol. The van der Waals surface area contributed by atoms with Gasteiger partial charge in [-0.05, 0) is 54.4 Å². The first-order valence-electron chi connectivity index (χ1n) is 8.81. The van der Waals surface area contributed by atoms with E-state index in [-0.39, 0.29) is 23.3 Å². The van der Waals surface area contributed by atoms with Crippen LogP contribution < -0.4 is 10.5 Å². The molecule has 0 radical (unpaired) electrons. The van der Waals surface area contributed by atoms with E-state index in [1.807, 2.05) is 30.5 Å². The van der Waals surface area contributed by atoms with Crippen molar-refractivity contribution in [2.45, 2.75) is 23.3 Å². The lowest BCUT2D eigenvalue weighted by atomic mass is 10.1. The second-order valence-corrected chi connectivity index (χ2v) is 8.49. The Morgan fingerprint density at radius 2 is 1.83 bits per heavy atom. The van der Waals surface area contributed by atoms with Gasteiger partial charge >= 0.3 is 0 Å². The summed E-state index contributed by atoms with van der Waals surface area (Å²) in [7, 11) is -3.75. The summed E-state index contributed by atoms with van der Waals surface area (Å²) in [4.78, 5) is 4.59. The normalized spacial score (nSPS) is 17.7. The molecule has 2 aromatic carbocycles. The van der Waals surface area contributed by atoms with Crippen molar-refractivity contribution in [3.8, 4) is 17.3 Å². The first-order valence-corrected chi connectivity index (χ1v) is 10.3. The summed E-state index contributed by atoms with van der Waals surface area (Å²) in [5.74, 6) is 0.395. The summed E-state index contributed by atoms with van der Waals surface area (Å²) < 4.78 is 27.7. The third kappa shape index (κ3) is 4.57. The summed E-state index contributed by atoms with van der Waals surface area (Å²) in [6.07, 6.45) is 2.83. The molecule has 1 aliphatic carbocycles. The van der Waals surface area contributed by atoms with Crippen LogP contribution in [0.15, 0.2) is 71.8 Å². The van der Waals surface area contributed by atoms with Crippen LogP contribution in [0, 0.1) is 11.3 Å². The molecule has 3 aromatic rings. The molecule has 0 aliphatic heterocycles. The van der Waals surface area contributed by atoms with Gasteiger partial charge in [-0.3, -0.25) is 9.71 Å². The molecular formula is C21H19ClN4O2S. The zero-order chi connectivity index (χ0) is 19.7. The average Bonchev–Trinajstić information content (AvgIpc) is 3.44. The van der Waals surface area contributed by atoms with Gasteiger partial charge in [-0.15, -0.1) is 12.4 Å². The molecule has 1 saturated carbocycles. The fraction of sp³-hybridized carbons (Fsp3) is 0.143. The van der Waals surface area contributed by atoms with Crippen LogP contribution in [-0.2, 0) is 10.0 Å². The lowest BCUT2D eigenvalue weighted by molar-refractivity contribution is 0.601. The van der Waals surface area contributed by atoms with Gasteiger partial charge < -0.3 is 5.73 Å². The first-order chi connectivity index (χ1) is 13.5. The lowest BCUT2D eigenvalue weighted by Gasteiger charge is -2.10. The van der Waals surface area contributed by atoms with E-state index in [0.717, 1.165) is 23.2 Å². The van der Waals surface area contributed by atoms with Crippen LogP contribution in [0.2, 0.25) is 0 Å². The monoisotopic (exact) mass is 426 g/mol. The number of sulfonamides is 1. The molecule has 29 heavy (non-hydrogen) atoms. The maximum atomic E-state index is 12.6. The van der Waals surface area contributed by atoms with Gasteiger partial charge in [0.2, 0.25) is 0 Å². The van der Waals surface area contributed by atoms with Crippen molar-refractivity contribution in [2.75, 3.05) is 4.72 Å². The molecule has 8 heteroatoms. The van der Waals surface area contributed by atoms with Crippen LogP contribution in [0.4, 0.5) is 5.69 Å². The van der Waals surface area contributed by atoms with Crippen molar-refractivity contribution in [3.05, 3.63) is 78.0 Å². The highest BCUT2D eigenvalue weighted by molar-refractivity contribution is 7.92. The van der Waals surface area contributed by atoms with Crippen molar-refractivity contribution < 1.29 is 8.42 Å². The number of nitrogens with two attached hydrogens (primary N) is 1. The molecule has 0 saturated heterocycles. The van der Waals surface area contributed by atoms with E-state index in [2.05, 4.69) is 9.71 Å². The molecule has 3 N–H and O–H groups in total. The molecule has 1 heterocycles. The fourth-order valence-electron chi connectivity index (χ4n) is 3.06. The van der Waals surface area contributed by atoms with E-state index in [1.165, 1.54) is 24.3 Å². The number of hydrogen-bond acceptors (Lipinski definition) is 5. The number of rotatable bonds is 5. The predicted octanol–water partition coefficient (Wildman–Crippen LogP) is 3.66. The van der Waals surface area contributed by atoms with Crippen molar-refractivity contribution in [1.82, 2.24) is 4.98 Å². The van der Waals surface area contributed by atoms with E-state index in [4.69, 9.17) is 11.0 Å². The zero-order valence-electron chi connectivity index (χ0n) is 15.3. The number of nitrogens with one attached hydrogen (secondary N) is 1. The maximum absolute atomic E-state index is 12.6. The molecule has 1 fully saturated rings. The molecule has 6 nitrogen and oxygen atoms in total. The lowest BCUT2D eigenvalue weighted by Crippen LogP contribution is -2.12. The Morgan fingerprint density at radius 3 is 2.41 bits per heavy atom. The summed E-state index contributed by atoms with van der Waals surface area (Å²) in [6, 6.07) is 19.0. The van der Waals surface area contributed by atoms with Gasteiger partial charge in [0.15, 0.2) is 0 Å². The van der Waals surface area contributed by atoms with E-state index in [0.29, 0.717) is 17.2 Å². The molecular weight excluding hydrogens is 408 g/mol. The van der Waals surface area contributed by atoms with Gasteiger partial charge in [-0.2, -0.15) is 5.26 Å². The molecule has 0 amide bonds. The third-order valence-electron chi connectivity index (χ3n) is 4.76. The second kappa shape index (κ2) is 8.21. The van der Waals surface area contributed by atoms with Crippen molar-refractivity contribution >= 4 is 28.1 Å². The van der Waals surface area contributed by atoms with Crippen LogP contribution >= 0.6 is 12.4 Å². The van der Waals surface area contributed by atoms with Crippen LogP contribution in [0.25, 0.3) is 11.3 Å². The third-order valence-corrected chi connectivity index (χ3v) is 6.16. The molecule has 1 aromatic heterocycles. The number of pyridine rings is 1. The number of nitriles is 1. The second-order valence-electron chi connectivity index (χ2n) is 6.81. The molecule has 2 atom stereocenters. The maximum Gasteiger partial charge on any atom is 0.261 e. The topological polar surface area (TPSA) is 109 Å². The standard InChI is InChI=1S/C21H18N4O2S.ClH/c22-12-14-4-7-18(8-5-14)28(26,27)25-17-3-1-2-15(10-17)21-9-6-16(13-24-21)19-11-20(19)23;/h1-10,13,19-20,25H,11,23H2;1H. The Morgan fingerprint density at radius 1 is 1.10 bits per heavy atom. The van der Waals surface area contributed by atoms with Gasteiger partial charge in [0, 0.05) is 29.4 Å². The smallest absolute Gasteiger partial charge is 0.261 e. The van der Waals surface area contributed by atoms with E-state index in [9.17, 15) is 8.42 Å². The molecule has 0 spiro atoms. The van der Waals surface area contributed by atoms with Gasteiger partial charge in [0.05, 0.1) is 22.2 Å². The van der Waals surface area contributed by atoms with Crippen LogP contribution in [0.5, 0.6) is 0 Å². The van der Waals surface area contributed by atoms with E-state index >= 15 is 0 Å². The number of nitrogens with zero attached hydrogens (tertiary/aromatic N) is 2. The highest BCUT2D eigenvalue weighted by atomic mass is 35.5. The average molecular weight is 427 g/mol. The van der Waals surface area contributed by atoms with Crippen molar-refractivity contribution in [3.63, 3.8) is 0 Å². The summed E-state index contributed by atoms with van der Waals surface area (Å²) in [5, 5.41) is 8.84. The highest BCUT2D eigenvalue weighted by Crippen LogP contribution is 2.39. The Hall–Kier alpha value is -2.92. The summed E-state index contributed by atoms with van der Waals surface area (Å²) >= 11 is 0. The van der Waals surface area contributed by atoms with Crippen LogP contribution in [-0.4, -0.2) is 19.4 Å². The first kappa shape index (κ1) is 20.8. The van der Waals surface area contributed by atoms with Crippen LogP contribution in [0.3, 0.4) is 0 Å². The summed E-state index contributed by atoms with van der Waals surface area (Å²) in [5.41, 5.74) is 9.43. The quantitative estimate of drug-likeness (QED) is 0.647. The van der Waals surface area contributed by atoms with E-state index < -0.39 is 10.0 Å². The minimum Gasteiger partial charge on any atom is -0.327 e. The SMILES string of the molecule is Cl.N#Cc1ccc(S(=O)(=O)Nc2cccc(-c3ccc(C4CC4N)cn3)c2)cc1. The molecule has 0 bridgehead atoms. The summed E-state index contributed by atoms with van der Waals surface area (Å²) in [6.45, 7) is 0. The zero-order valence-corrected chi connectivity index (χ0v) is 17.0. The Labute approximate surface area is 175 Å². The molecule has 4 rings (SSSR count). The van der Waals surface area contributed by atoms with Gasteiger partial charge in [0.25, 0.3) is 10.0 Å². The highest BCUT2D eigenvalue weighted by Gasteiger charge is 2.34. The number of anilines is 1. The fourth-order valence-corrected chi connectivity index (χ4v) is 4.11. The van der Waals surface area contributed by atoms with Gasteiger partial charge in [-0.25, -0.2) is 8.42 Å².